The lowest BCUT2D eigenvalue weighted by molar-refractivity contribution is -0.116. The minimum Gasteiger partial charge on any atom is -0.497 e. The van der Waals surface area contributed by atoms with Gasteiger partial charge in [0, 0.05) is 5.69 Å². The summed E-state index contributed by atoms with van der Waals surface area (Å²) < 4.78 is 6.90. The van der Waals surface area contributed by atoms with Gasteiger partial charge in [-0.15, -0.1) is 5.10 Å². The fourth-order valence-electron chi connectivity index (χ4n) is 3.20. The number of carbonyl (C=O) groups is 1. The SMILES string of the molecule is COc1ccc(Cn2nnnc2SCC(=O)N(Cc2ccccc2)c2ccccc2)cc1. The van der Waals surface area contributed by atoms with Gasteiger partial charge in [0.2, 0.25) is 11.1 Å². The monoisotopic (exact) mass is 445 g/mol. The van der Waals surface area contributed by atoms with E-state index < -0.39 is 0 Å². The smallest absolute Gasteiger partial charge is 0.237 e. The summed E-state index contributed by atoms with van der Waals surface area (Å²) >= 11 is 1.33. The number of amides is 1. The number of para-hydroxylation sites is 1. The zero-order valence-corrected chi connectivity index (χ0v) is 18.5. The first kappa shape index (κ1) is 21.6. The number of thioether (sulfide) groups is 1. The van der Waals surface area contributed by atoms with Crippen molar-refractivity contribution in [3.05, 3.63) is 96.1 Å². The Kier molecular flexibility index (Phi) is 7.14. The Hall–Kier alpha value is -3.65. The molecule has 1 amide bonds. The van der Waals surface area contributed by atoms with Crippen molar-refractivity contribution in [3.63, 3.8) is 0 Å². The predicted octanol–water partition coefficient (Wildman–Crippen LogP) is 4.06. The molecule has 7 nitrogen and oxygen atoms in total. The van der Waals surface area contributed by atoms with Gasteiger partial charge in [0.05, 0.1) is 26.0 Å². The lowest BCUT2D eigenvalue weighted by Crippen LogP contribution is -2.32. The third kappa shape index (κ3) is 5.53. The van der Waals surface area contributed by atoms with Crippen LogP contribution in [-0.2, 0) is 17.9 Å². The quantitative estimate of drug-likeness (QED) is 0.362. The molecule has 3 aromatic carbocycles. The maximum Gasteiger partial charge on any atom is 0.237 e. The van der Waals surface area contributed by atoms with E-state index in [-0.39, 0.29) is 11.7 Å². The second kappa shape index (κ2) is 10.6. The molecule has 0 saturated heterocycles. The van der Waals surface area contributed by atoms with Crippen molar-refractivity contribution in [1.82, 2.24) is 20.2 Å². The van der Waals surface area contributed by atoms with Crippen LogP contribution in [0.4, 0.5) is 5.69 Å². The van der Waals surface area contributed by atoms with Gasteiger partial charge < -0.3 is 9.64 Å². The van der Waals surface area contributed by atoms with Crippen LogP contribution in [0.25, 0.3) is 0 Å². The lowest BCUT2D eigenvalue weighted by Gasteiger charge is -2.23. The number of methoxy groups -OCH3 is 1. The number of benzene rings is 3. The highest BCUT2D eigenvalue weighted by Gasteiger charge is 2.18. The molecule has 0 spiro atoms. The van der Waals surface area contributed by atoms with Crippen LogP contribution < -0.4 is 9.64 Å². The Morgan fingerprint density at radius 2 is 1.62 bits per heavy atom. The first-order valence-corrected chi connectivity index (χ1v) is 11.1. The Morgan fingerprint density at radius 1 is 0.938 bits per heavy atom. The second-order valence-corrected chi connectivity index (χ2v) is 8.00. The second-order valence-electron chi connectivity index (χ2n) is 7.06. The third-order valence-electron chi connectivity index (χ3n) is 4.87. The van der Waals surface area contributed by atoms with Crippen LogP contribution in [0, 0.1) is 0 Å². The predicted molar refractivity (Wildman–Crippen MR) is 125 cm³/mol. The number of carbonyl (C=O) groups excluding carboxylic acids is 1. The number of tetrazole rings is 1. The Morgan fingerprint density at radius 3 is 2.31 bits per heavy atom. The first-order valence-electron chi connectivity index (χ1n) is 10.1. The van der Waals surface area contributed by atoms with E-state index in [1.165, 1.54) is 11.8 Å². The topological polar surface area (TPSA) is 73.1 Å². The number of aromatic nitrogens is 4. The molecule has 0 bridgehead atoms. The van der Waals surface area contributed by atoms with Crippen LogP contribution >= 0.6 is 11.8 Å². The molecule has 0 unspecified atom stereocenters. The highest BCUT2D eigenvalue weighted by molar-refractivity contribution is 7.99. The van der Waals surface area contributed by atoms with Crippen molar-refractivity contribution in [1.29, 1.82) is 0 Å². The van der Waals surface area contributed by atoms with E-state index in [0.717, 1.165) is 22.6 Å². The molecule has 0 fully saturated rings. The largest absolute Gasteiger partial charge is 0.497 e. The van der Waals surface area contributed by atoms with Crippen molar-refractivity contribution in [2.75, 3.05) is 17.8 Å². The normalized spacial score (nSPS) is 10.7. The molecule has 1 aromatic heterocycles. The van der Waals surface area contributed by atoms with Gasteiger partial charge in [-0.05, 0) is 45.8 Å². The molecule has 4 aromatic rings. The minimum absolute atomic E-state index is 0.0101. The van der Waals surface area contributed by atoms with E-state index in [1.54, 1.807) is 16.7 Å². The Labute approximate surface area is 191 Å². The number of rotatable bonds is 9. The Balaban J connectivity index is 1.45. The van der Waals surface area contributed by atoms with Gasteiger partial charge in [0.1, 0.15) is 5.75 Å². The molecule has 162 valence electrons. The molecule has 32 heavy (non-hydrogen) atoms. The average Bonchev–Trinajstić information content (AvgIpc) is 3.29. The van der Waals surface area contributed by atoms with E-state index in [2.05, 4.69) is 15.5 Å². The van der Waals surface area contributed by atoms with Crippen LogP contribution in [0.15, 0.2) is 90.1 Å². The first-order chi connectivity index (χ1) is 15.7. The third-order valence-corrected chi connectivity index (χ3v) is 5.81. The van der Waals surface area contributed by atoms with Crippen molar-refractivity contribution < 1.29 is 9.53 Å². The number of nitrogens with zero attached hydrogens (tertiary/aromatic N) is 5. The number of hydrogen-bond donors (Lipinski definition) is 0. The van der Waals surface area contributed by atoms with Gasteiger partial charge in [-0.2, -0.15) is 0 Å². The zero-order valence-electron chi connectivity index (χ0n) is 17.7. The van der Waals surface area contributed by atoms with Crippen molar-refractivity contribution in [2.24, 2.45) is 0 Å². The molecule has 0 radical (unpaired) electrons. The summed E-state index contributed by atoms with van der Waals surface area (Å²) in [5.74, 6) is 1.01. The molecule has 0 aliphatic carbocycles. The summed E-state index contributed by atoms with van der Waals surface area (Å²) in [6, 6.07) is 27.4. The number of ether oxygens (including phenoxy) is 1. The summed E-state index contributed by atoms with van der Waals surface area (Å²) in [5, 5.41) is 12.6. The van der Waals surface area contributed by atoms with Gasteiger partial charge in [-0.3, -0.25) is 4.79 Å². The molecular weight excluding hydrogens is 422 g/mol. The standard InChI is InChI=1S/C24H23N5O2S/c1-31-22-14-12-20(13-15-22)17-29-24(25-26-27-29)32-18-23(30)28(21-10-6-3-7-11-21)16-19-8-4-2-5-9-19/h2-15H,16-18H2,1H3. The summed E-state index contributed by atoms with van der Waals surface area (Å²) in [7, 11) is 1.64. The summed E-state index contributed by atoms with van der Waals surface area (Å²) in [4.78, 5) is 15.0. The van der Waals surface area contributed by atoms with Gasteiger partial charge in [-0.1, -0.05) is 72.4 Å². The zero-order chi connectivity index (χ0) is 22.2. The average molecular weight is 446 g/mol. The van der Waals surface area contributed by atoms with Crippen LogP contribution in [0.1, 0.15) is 11.1 Å². The molecule has 0 aliphatic heterocycles. The fourth-order valence-corrected chi connectivity index (χ4v) is 3.96. The highest BCUT2D eigenvalue weighted by atomic mass is 32.2. The van der Waals surface area contributed by atoms with E-state index in [0.29, 0.717) is 18.2 Å². The van der Waals surface area contributed by atoms with Crippen molar-refractivity contribution in [3.8, 4) is 5.75 Å². The van der Waals surface area contributed by atoms with E-state index in [4.69, 9.17) is 4.74 Å². The van der Waals surface area contributed by atoms with Gasteiger partial charge in [0.25, 0.3) is 0 Å². The maximum absolute atomic E-state index is 13.2. The molecule has 8 heteroatoms. The molecule has 0 N–H and O–H groups in total. The van der Waals surface area contributed by atoms with Crippen LogP contribution in [0.2, 0.25) is 0 Å². The Bertz CT molecular complexity index is 1130. The fraction of sp³-hybridized carbons (Fsp3) is 0.167. The summed E-state index contributed by atoms with van der Waals surface area (Å²) in [6.07, 6.45) is 0. The van der Waals surface area contributed by atoms with Gasteiger partial charge in [0.15, 0.2) is 0 Å². The van der Waals surface area contributed by atoms with E-state index in [9.17, 15) is 4.79 Å². The highest BCUT2D eigenvalue weighted by Crippen LogP contribution is 2.21. The van der Waals surface area contributed by atoms with Gasteiger partial charge in [-0.25, -0.2) is 4.68 Å². The minimum atomic E-state index is -0.0101. The lowest BCUT2D eigenvalue weighted by atomic mass is 10.2. The van der Waals surface area contributed by atoms with Crippen LogP contribution in [0.3, 0.4) is 0 Å². The molecular formula is C24H23N5O2S. The molecule has 0 saturated carbocycles. The van der Waals surface area contributed by atoms with Crippen molar-refractivity contribution in [2.45, 2.75) is 18.2 Å². The molecule has 1 heterocycles. The van der Waals surface area contributed by atoms with Crippen LogP contribution in [-0.4, -0.2) is 39.0 Å². The van der Waals surface area contributed by atoms with Crippen molar-refractivity contribution >= 4 is 23.4 Å². The maximum atomic E-state index is 13.2. The molecule has 0 aliphatic rings. The van der Waals surface area contributed by atoms with E-state index in [1.807, 2.05) is 84.9 Å². The summed E-state index contributed by atoms with van der Waals surface area (Å²) in [6.45, 7) is 1.01. The van der Waals surface area contributed by atoms with Gasteiger partial charge >= 0.3 is 0 Å². The summed E-state index contributed by atoms with van der Waals surface area (Å²) in [5.41, 5.74) is 2.97. The molecule has 4 rings (SSSR count). The molecule has 0 atom stereocenters. The number of anilines is 1. The number of hydrogen-bond acceptors (Lipinski definition) is 6. The van der Waals surface area contributed by atoms with Crippen LogP contribution in [0.5, 0.6) is 5.75 Å². The van der Waals surface area contributed by atoms with E-state index >= 15 is 0 Å².